The average molecular weight is 260 g/mol. The van der Waals surface area contributed by atoms with Gasteiger partial charge in [0, 0.05) is 18.6 Å². The highest BCUT2D eigenvalue weighted by Crippen LogP contribution is 2.08. The van der Waals surface area contributed by atoms with E-state index in [0.717, 1.165) is 12.8 Å². The maximum absolute atomic E-state index is 11.2. The number of hydrazine groups is 1. The molecule has 0 saturated carbocycles. The second kappa shape index (κ2) is 8.45. The fourth-order valence-corrected chi connectivity index (χ4v) is 1.16. The van der Waals surface area contributed by atoms with E-state index in [2.05, 4.69) is 5.43 Å². The molecule has 0 spiro atoms. The van der Waals surface area contributed by atoms with E-state index < -0.39 is 0 Å². The van der Waals surface area contributed by atoms with Gasteiger partial charge in [-0.1, -0.05) is 13.8 Å². The molecule has 0 rings (SSSR count). The first kappa shape index (κ1) is 17.4. The second-order valence-electron chi connectivity index (χ2n) is 5.57. The Morgan fingerprint density at radius 2 is 1.89 bits per heavy atom. The van der Waals surface area contributed by atoms with Crippen LogP contribution >= 0.6 is 0 Å². The Balaban J connectivity index is 3.61. The van der Waals surface area contributed by atoms with Gasteiger partial charge in [-0.3, -0.25) is 16.1 Å². The van der Waals surface area contributed by atoms with Crippen LogP contribution < -0.4 is 11.3 Å². The van der Waals surface area contributed by atoms with E-state index in [-0.39, 0.29) is 23.5 Å². The van der Waals surface area contributed by atoms with Gasteiger partial charge in [0.15, 0.2) is 0 Å². The average Bonchev–Trinajstić information content (AvgIpc) is 2.28. The first-order valence-corrected chi connectivity index (χ1v) is 6.54. The molecule has 108 valence electrons. The molecule has 0 radical (unpaired) electrons. The molecule has 0 heterocycles. The number of nitrogens with two attached hydrogens (primary N) is 1. The molecule has 1 unspecified atom stereocenters. The fourth-order valence-electron chi connectivity index (χ4n) is 1.16. The SMILES string of the molecule is CC(CCOC(=O)C(C)C)OCCC(C)(C)NN. The molecule has 0 amide bonds. The van der Waals surface area contributed by atoms with Gasteiger partial charge >= 0.3 is 5.97 Å². The molecule has 18 heavy (non-hydrogen) atoms. The molecule has 5 nitrogen and oxygen atoms in total. The Morgan fingerprint density at radius 1 is 1.28 bits per heavy atom. The Hall–Kier alpha value is -0.650. The molecular formula is C13H28N2O3. The van der Waals surface area contributed by atoms with Crippen molar-refractivity contribution >= 4 is 5.97 Å². The molecule has 0 aromatic rings. The molecule has 1 atom stereocenters. The van der Waals surface area contributed by atoms with Crippen molar-refractivity contribution in [3.05, 3.63) is 0 Å². The summed E-state index contributed by atoms with van der Waals surface area (Å²) in [6.07, 6.45) is 1.63. The minimum atomic E-state index is -0.157. The minimum Gasteiger partial charge on any atom is -0.465 e. The molecule has 3 N–H and O–H groups in total. The largest absolute Gasteiger partial charge is 0.465 e. The standard InChI is InChI=1S/C13H28N2O3/c1-10(2)12(16)18-8-6-11(3)17-9-7-13(4,5)15-14/h10-11,15H,6-9,14H2,1-5H3. The number of hydrogen-bond acceptors (Lipinski definition) is 5. The Labute approximate surface area is 110 Å². The molecule has 0 aliphatic heterocycles. The van der Waals surface area contributed by atoms with Gasteiger partial charge in [-0.2, -0.15) is 0 Å². The monoisotopic (exact) mass is 260 g/mol. The number of carbonyl (C=O) groups excluding carboxylic acids is 1. The van der Waals surface area contributed by atoms with Crippen molar-refractivity contribution in [1.82, 2.24) is 5.43 Å². The summed E-state index contributed by atoms with van der Waals surface area (Å²) < 4.78 is 10.7. The van der Waals surface area contributed by atoms with Crippen LogP contribution in [0.3, 0.4) is 0 Å². The molecule has 5 heteroatoms. The highest BCUT2D eigenvalue weighted by atomic mass is 16.5. The van der Waals surface area contributed by atoms with E-state index in [4.69, 9.17) is 15.3 Å². The van der Waals surface area contributed by atoms with Crippen molar-refractivity contribution < 1.29 is 14.3 Å². The van der Waals surface area contributed by atoms with Crippen LogP contribution in [0.25, 0.3) is 0 Å². The number of esters is 1. The van der Waals surface area contributed by atoms with E-state index in [1.54, 1.807) is 0 Å². The Bertz CT molecular complexity index is 242. The van der Waals surface area contributed by atoms with Crippen molar-refractivity contribution in [2.24, 2.45) is 11.8 Å². The number of ether oxygens (including phenoxy) is 2. The predicted octanol–water partition coefficient (Wildman–Crippen LogP) is 1.61. The quantitative estimate of drug-likeness (QED) is 0.374. The third-order valence-corrected chi connectivity index (χ3v) is 2.76. The zero-order valence-electron chi connectivity index (χ0n) is 12.3. The molecular weight excluding hydrogens is 232 g/mol. The van der Waals surface area contributed by atoms with Crippen LogP contribution in [-0.4, -0.2) is 30.8 Å². The topological polar surface area (TPSA) is 73.6 Å². The van der Waals surface area contributed by atoms with Gasteiger partial charge in [0.2, 0.25) is 0 Å². The normalized spacial score (nSPS) is 13.7. The molecule has 0 aromatic carbocycles. The number of carbonyl (C=O) groups is 1. The second-order valence-corrected chi connectivity index (χ2v) is 5.57. The van der Waals surface area contributed by atoms with Gasteiger partial charge < -0.3 is 9.47 Å². The number of nitrogens with one attached hydrogen (secondary N) is 1. The summed E-state index contributed by atoms with van der Waals surface area (Å²) in [7, 11) is 0. The van der Waals surface area contributed by atoms with Crippen LogP contribution in [0.5, 0.6) is 0 Å². The van der Waals surface area contributed by atoms with Crippen LogP contribution in [0.15, 0.2) is 0 Å². The lowest BCUT2D eigenvalue weighted by Gasteiger charge is -2.24. The Morgan fingerprint density at radius 3 is 2.39 bits per heavy atom. The first-order chi connectivity index (χ1) is 8.28. The van der Waals surface area contributed by atoms with Crippen LogP contribution in [0.2, 0.25) is 0 Å². The van der Waals surface area contributed by atoms with Gasteiger partial charge in [-0.05, 0) is 27.2 Å². The van der Waals surface area contributed by atoms with Crippen LogP contribution in [0.4, 0.5) is 0 Å². The van der Waals surface area contributed by atoms with Crippen molar-refractivity contribution in [3.63, 3.8) is 0 Å². The minimum absolute atomic E-state index is 0.0716. The van der Waals surface area contributed by atoms with E-state index in [0.29, 0.717) is 13.2 Å². The first-order valence-electron chi connectivity index (χ1n) is 6.54. The number of hydrogen-bond donors (Lipinski definition) is 2. The maximum Gasteiger partial charge on any atom is 0.308 e. The van der Waals surface area contributed by atoms with Crippen molar-refractivity contribution in [2.75, 3.05) is 13.2 Å². The highest BCUT2D eigenvalue weighted by Gasteiger charge is 2.15. The zero-order valence-corrected chi connectivity index (χ0v) is 12.3. The van der Waals surface area contributed by atoms with Crippen LogP contribution in [-0.2, 0) is 14.3 Å². The van der Waals surface area contributed by atoms with Crippen LogP contribution in [0.1, 0.15) is 47.5 Å². The highest BCUT2D eigenvalue weighted by molar-refractivity contribution is 5.71. The lowest BCUT2D eigenvalue weighted by Crippen LogP contribution is -2.45. The van der Waals surface area contributed by atoms with E-state index in [1.165, 1.54) is 0 Å². The lowest BCUT2D eigenvalue weighted by atomic mass is 10.0. The summed E-state index contributed by atoms with van der Waals surface area (Å²) in [5.74, 6) is 5.17. The third-order valence-electron chi connectivity index (χ3n) is 2.76. The van der Waals surface area contributed by atoms with Gasteiger partial charge in [0.05, 0.1) is 18.6 Å². The summed E-state index contributed by atoms with van der Waals surface area (Å²) in [6, 6.07) is 0. The molecule has 0 saturated heterocycles. The van der Waals surface area contributed by atoms with E-state index in [9.17, 15) is 4.79 Å². The Kier molecular flexibility index (Phi) is 8.15. The molecule has 0 aromatic heterocycles. The smallest absolute Gasteiger partial charge is 0.308 e. The zero-order chi connectivity index (χ0) is 14.2. The summed E-state index contributed by atoms with van der Waals surface area (Å²) >= 11 is 0. The lowest BCUT2D eigenvalue weighted by molar-refractivity contribution is -0.148. The molecule has 0 aliphatic carbocycles. The molecule has 0 fully saturated rings. The summed E-state index contributed by atoms with van der Waals surface area (Å²) in [4.78, 5) is 11.2. The van der Waals surface area contributed by atoms with Crippen molar-refractivity contribution in [3.8, 4) is 0 Å². The van der Waals surface area contributed by atoms with E-state index >= 15 is 0 Å². The molecule has 0 aliphatic rings. The van der Waals surface area contributed by atoms with Gasteiger partial charge in [0.25, 0.3) is 0 Å². The fraction of sp³-hybridized carbons (Fsp3) is 0.923. The maximum atomic E-state index is 11.2. The van der Waals surface area contributed by atoms with Gasteiger partial charge in [0.1, 0.15) is 0 Å². The summed E-state index contributed by atoms with van der Waals surface area (Å²) in [5, 5.41) is 0. The van der Waals surface area contributed by atoms with Crippen molar-refractivity contribution in [1.29, 1.82) is 0 Å². The van der Waals surface area contributed by atoms with Crippen molar-refractivity contribution in [2.45, 2.75) is 59.1 Å². The number of rotatable bonds is 9. The molecule has 0 bridgehead atoms. The van der Waals surface area contributed by atoms with E-state index in [1.807, 2.05) is 34.6 Å². The van der Waals surface area contributed by atoms with Crippen LogP contribution in [0, 0.1) is 5.92 Å². The predicted molar refractivity (Wildman–Crippen MR) is 71.8 cm³/mol. The van der Waals surface area contributed by atoms with Gasteiger partial charge in [-0.25, -0.2) is 0 Å². The van der Waals surface area contributed by atoms with Gasteiger partial charge in [-0.15, -0.1) is 0 Å². The third kappa shape index (κ3) is 8.44. The summed E-state index contributed by atoms with van der Waals surface area (Å²) in [6.45, 7) is 10.7. The summed E-state index contributed by atoms with van der Waals surface area (Å²) in [5.41, 5.74) is 2.62.